The molecule has 112 valence electrons. The Morgan fingerprint density at radius 2 is 2.00 bits per heavy atom. The number of halogens is 2. The maximum atomic E-state index is 14.0. The third-order valence-corrected chi connectivity index (χ3v) is 4.10. The second-order valence-corrected chi connectivity index (χ2v) is 5.86. The van der Waals surface area contributed by atoms with Crippen molar-refractivity contribution in [1.29, 1.82) is 0 Å². The Morgan fingerprint density at radius 1 is 1.24 bits per heavy atom. The number of nitrogens with two attached hydrogens (primary N) is 1. The number of aliphatic hydroxyl groups excluding tert-OH is 1. The maximum absolute atomic E-state index is 14.0. The zero-order valence-electron chi connectivity index (χ0n) is 11.9. The number of aliphatic hydroxyl groups is 1. The van der Waals surface area contributed by atoms with Crippen LogP contribution in [0.1, 0.15) is 16.7 Å². The highest BCUT2D eigenvalue weighted by Gasteiger charge is 2.31. The molecule has 0 fully saturated rings. The summed E-state index contributed by atoms with van der Waals surface area (Å²) in [6.45, 7) is 2.04. The Bertz CT molecular complexity index is 626. The van der Waals surface area contributed by atoms with Crippen molar-refractivity contribution >= 4 is 11.6 Å². The summed E-state index contributed by atoms with van der Waals surface area (Å²) >= 11 is 5.94. The molecule has 1 unspecified atom stereocenters. The lowest BCUT2D eigenvalue weighted by Gasteiger charge is -2.32. The second kappa shape index (κ2) is 6.56. The van der Waals surface area contributed by atoms with Gasteiger partial charge in [-0.05, 0) is 42.7 Å². The van der Waals surface area contributed by atoms with Crippen LogP contribution in [0.25, 0.3) is 0 Å². The van der Waals surface area contributed by atoms with Gasteiger partial charge in [-0.2, -0.15) is 0 Å². The van der Waals surface area contributed by atoms with E-state index in [9.17, 15) is 9.50 Å². The Hall–Kier alpha value is -1.42. The molecule has 0 aliphatic carbocycles. The largest absolute Gasteiger partial charge is 0.395 e. The Morgan fingerprint density at radius 3 is 2.62 bits per heavy atom. The van der Waals surface area contributed by atoms with E-state index in [1.165, 1.54) is 12.1 Å². The van der Waals surface area contributed by atoms with E-state index in [-0.39, 0.29) is 19.0 Å². The van der Waals surface area contributed by atoms with Gasteiger partial charge in [0.25, 0.3) is 0 Å². The third-order valence-electron chi connectivity index (χ3n) is 3.86. The van der Waals surface area contributed by atoms with Gasteiger partial charge in [-0.3, -0.25) is 0 Å². The van der Waals surface area contributed by atoms with Gasteiger partial charge in [0.1, 0.15) is 5.82 Å². The highest BCUT2D eigenvalue weighted by atomic mass is 35.5. The van der Waals surface area contributed by atoms with Crippen LogP contribution in [0.2, 0.25) is 5.02 Å². The zero-order valence-corrected chi connectivity index (χ0v) is 12.7. The van der Waals surface area contributed by atoms with Gasteiger partial charge in [0.15, 0.2) is 0 Å². The topological polar surface area (TPSA) is 46.2 Å². The van der Waals surface area contributed by atoms with Crippen LogP contribution in [0.5, 0.6) is 0 Å². The van der Waals surface area contributed by atoms with Crippen molar-refractivity contribution < 1.29 is 9.50 Å². The molecule has 2 aromatic rings. The van der Waals surface area contributed by atoms with Crippen molar-refractivity contribution in [3.63, 3.8) is 0 Å². The van der Waals surface area contributed by atoms with Crippen molar-refractivity contribution in [1.82, 2.24) is 0 Å². The minimum absolute atomic E-state index is 0.154. The van der Waals surface area contributed by atoms with Gasteiger partial charge in [0.05, 0.1) is 6.61 Å². The summed E-state index contributed by atoms with van der Waals surface area (Å²) in [5, 5.41) is 10.4. The van der Waals surface area contributed by atoms with Gasteiger partial charge in [-0.15, -0.1) is 0 Å². The van der Waals surface area contributed by atoms with Crippen LogP contribution in [0.4, 0.5) is 4.39 Å². The van der Waals surface area contributed by atoms with Gasteiger partial charge in [-0.1, -0.05) is 41.4 Å². The molecule has 0 amide bonds. The fourth-order valence-electron chi connectivity index (χ4n) is 2.52. The number of hydrogen-bond acceptors (Lipinski definition) is 2. The van der Waals surface area contributed by atoms with Gasteiger partial charge in [-0.25, -0.2) is 4.39 Å². The highest BCUT2D eigenvalue weighted by Crippen LogP contribution is 2.30. The molecule has 0 spiro atoms. The quantitative estimate of drug-likeness (QED) is 0.891. The van der Waals surface area contributed by atoms with Gasteiger partial charge < -0.3 is 10.8 Å². The molecule has 3 N–H and O–H groups in total. The molecule has 0 aromatic heterocycles. The number of aryl methyl sites for hydroxylation is 1. The van der Waals surface area contributed by atoms with Crippen molar-refractivity contribution in [2.45, 2.75) is 18.8 Å². The summed E-state index contributed by atoms with van der Waals surface area (Å²) in [4.78, 5) is 0. The van der Waals surface area contributed by atoms with Crippen LogP contribution in [0, 0.1) is 12.7 Å². The molecule has 2 rings (SSSR count). The fraction of sp³-hybridized carbons (Fsp3) is 0.294. The third kappa shape index (κ3) is 3.43. The van der Waals surface area contributed by atoms with E-state index >= 15 is 0 Å². The van der Waals surface area contributed by atoms with Gasteiger partial charge in [0.2, 0.25) is 0 Å². The molecule has 2 nitrogen and oxygen atoms in total. The summed E-state index contributed by atoms with van der Waals surface area (Å²) in [7, 11) is 0. The molecule has 21 heavy (non-hydrogen) atoms. The molecule has 0 saturated heterocycles. The molecule has 0 radical (unpaired) electrons. The predicted molar refractivity (Wildman–Crippen MR) is 84.1 cm³/mol. The van der Waals surface area contributed by atoms with Gasteiger partial charge >= 0.3 is 0 Å². The predicted octanol–water partition coefficient (Wildman–Crippen LogP) is 3.22. The minimum Gasteiger partial charge on any atom is -0.395 e. The van der Waals surface area contributed by atoms with Crippen molar-refractivity contribution in [2.24, 2.45) is 5.73 Å². The first-order valence-electron chi connectivity index (χ1n) is 6.83. The molecular weight excluding hydrogens is 289 g/mol. The normalized spacial score (nSPS) is 14.0. The lowest BCUT2D eigenvalue weighted by atomic mass is 9.75. The van der Waals surface area contributed by atoms with E-state index in [1.807, 2.05) is 31.2 Å². The number of rotatable bonds is 5. The first-order chi connectivity index (χ1) is 10.0. The minimum atomic E-state index is -0.711. The van der Waals surface area contributed by atoms with E-state index in [2.05, 4.69) is 0 Å². The molecular formula is C17H19ClFNO. The second-order valence-electron chi connectivity index (χ2n) is 5.42. The first-order valence-corrected chi connectivity index (χ1v) is 7.20. The number of hydrogen-bond donors (Lipinski definition) is 2. The lowest BCUT2D eigenvalue weighted by Crippen LogP contribution is -2.41. The van der Waals surface area contributed by atoms with Crippen LogP contribution in [0.15, 0.2) is 42.5 Å². The number of benzene rings is 2. The van der Waals surface area contributed by atoms with E-state index in [4.69, 9.17) is 17.3 Å². The molecule has 0 bridgehead atoms. The summed E-state index contributed by atoms with van der Waals surface area (Å²) < 4.78 is 14.0. The molecule has 0 aliphatic heterocycles. The summed E-state index contributed by atoms with van der Waals surface area (Å²) in [5.74, 6) is -0.335. The first kappa shape index (κ1) is 16.0. The average Bonchev–Trinajstić information content (AvgIpc) is 2.48. The van der Waals surface area contributed by atoms with Crippen LogP contribution in [-0.4, -0.2) is 18.3 Å². The standard InChI is InChI=1S/C17H19ClFNO/c1-12-3-2-4-14(7-12)17(10-20,11-21)9-13-8-15(18)5-6-16(13)19/h2-8,21H,9-11,20H2,1H3. The van der Waals surface area contributed by atoms with E-state index in [0.29, 0.717) is 17.0 Å². The van der Waals surface area contributed by atoms with Crippen LogP contribution < -0.4 is 5.73 Å². The van der Waals surface area contributed by atoms with Crippen LogP contribution >= 0.6 is 11.6 Å². The summed E-state index contributed by atoms with van der Waals surface area (Å²) in [5.41, 5.74) is 7.66. The smallest absolute Gasteiger partial charge is 0.126 e. The highest BCUT2D eigenvalue weighted by molar-refractivity contribution is 6.30. The van der Waals surface area contributed by atoms with Crippen molar-refractivity contribution in [3.8, 4) is 0 Å². The Labute approximate surface area is 129 Å². The molecule has 0 saturated carbocycles. The molecule has 4 heteroatoms. The van der Waals surface area contributed by atoms with E-state index in [0.717, 1.165) is 11.1 Å². The van der Waals surface area contributed by atoms with Crippen LogP contribution in [0.3, 0.4) is 0 Å². The van der Waals surface area contributed by atoms with E-state index in [1.54, 1.807) is 6.07 Å². The summed E-state index contributed by atoms with van der Waals surface area (Å²) in [6, 6.07) is 12.2. The molecule has 2 aromatic carbocycles. The Kier molecular flexibility index (Phi) is 4.99. The van der Waals surface area contributed by atoms with Crippen molar-refractivity contribution in [2.75, 3.05) is 13.2 Å². The summed E-state index contributed by atoms with van der Waals surface area (Å²) in [6.07, 6.45) is 0.301. The fourth-order valence-corrected chi connectivity index (χ4v) is 2.72. The van der Waals surface area contributed by atoms with Crippen LogP contribution in [-0.2, 0) is 11.8 Å². The monoisotopic (exact) mass is 307 g/mol. The molecule has 0 heterocycles. The van der Waals surface area contributed by atoms with Gasteiger partial charge in [0, 0.05) is 17.0 Å². The average molecular weight is 308 g/mol. The van der Waals surface area contributed by atoms with E-state index < -0.39 is 5.41 Å². The Balaban J connectivity index is 2.45. The lowest BCUT2D eigenvalue weighted by molar-refractivity contribution is 0.195. The maximum Gasteiger partial charge on any atom is 0.126 e. The molecule has 1 atom stereocenters. The SMILES string of the molecule is Cc1cccc(C(CN)(CO)Cc2cc(Cl)ccc2F)c1. The zero-order chi connectivity index (χ0) is 15.5. The van der Waals surface area contributed by atoms with Crippen molar-refractivity contribution in [3.05, 3.63) is 70.0 Å². The molecule has 0 aliphatic rings.